The lowest BCUT2D eigenvalue weighted by Crippen LogP contribution is -3.17. The number of carbonyl (C=O) groups excluding carboxylic acids is 1. The van der Waals surface area contributed by atoms with E-state index in [1.807, 2.05) is 30.3 Å². The summed E-state index contributed by atoms with van der Waals surface area (Å²) in [6.45, 7) is 0. The van der Waals surface area contributed by atoms with Crippen LogP contribution in [-0.2, 0) is 20.7 Å². The van der Waals surface area contributed by atoms with Gasteiger partial charge >= 0.3 is 5.97 Å². The lowest BCUT2D eigenvalue weighted by molar-refractivity contribution is -0.930. The summed E-state index contributed by atoms with van der Waals surface area (Å²) in [5, 5.41) is 10.1. The number of ether oxygens (including phenoxy) is 2. The summed E-state index contributed by atoms with van der Waals surface area (Å²) in [7, 11) is 2.20. The molecule has 3 fully saturated rings. The molecule has 2 N–H and O–H groups in total. The topological polar surface area (TPSA) is 63.5 Å². The number of nitrogens with one attached hydrogen (secondary N) is 1. The summed E-state index contributed by atoms with van der Waals surface area (Å²) in [6, 6.07) is 10.4. The van der Waals surface area contributed by atoms with E-state index in [2.05, 4.69) is 7.05 Å². The molecule has 2 unspecified atom stereocenters. The van der Waals surface area contributed by atoms with E-state index in [4.69, 9.17) is 9.47 Å². The summed E-state index contributed by atoms with van der Waals surface area (Å²) in [4.78, 5) is 13.6. The number of rotatable bonds is 4. The van der Waals surface area contributed by atoms with Gasteiger partial charge in [-0.25, -0.2) is 4.79 Å². The summed E-state index contributed by atoms with van der Waals surface area (Å²) < 4.78 is 11.2. The third-order valence-electron chi connectivity index (χ3n) is 5.38. The third kappa shape index (κ3) is 2.43. The highest BCUT2D eigenvalue weighted by Gasteiger charge is 2.66. The van der Waals surface area contributed by atoms with Gasteiger partial charge in [0, 0.05) is 19.3 Å². The highest BCUT2D eigenvalue weighted by Crippen LogP contribution is 2.39. The fraction of sp³-hybridized carbons (Fsp3) is 0.588. The lowest BCUT2D eigenvalue weighted by atomic mass is 9.99. The molecular weight excluding hydrogens is 282 g/mol. The molecule has 2 bridgehead atoms. The predicted molar refractivity (Wildman–Crippen MR) is 78.4 cm³/mol. The van der Waals surface area contributed by atoms with Crippen LogP contribution in [0.4, 0.5) is 0 Å². The Morgan fingerprint density at radius 2 is 1.95 bits per heavy atom. The Morgan fingerprint density at radius 1 is 1.32 bits per heavy atom. The van der Waals surface area contributed by atoms with Gasteiger partial charge in [0.15, 0.2) is 6.10 Å². The monoisotopic (exact) mass is 304 g/mol. The number of likely N-dealkylation sites (N-methyl/N-ethyl adjacent to an activating group) is 1. The smallest absolute Gasteiger partial charge is 0.335 e. The molecule has 3 saturated heterocycles. The van der Waals surface area contributed by atoms with E-state index < -0.39 is 12.1 Å². The number of fused-ring (bicyclic) bond motifs is 5. The van der Waals surface area contributed by atoms with Crippen LogP contribution in [-0.4, -0.2) is 54.6 Å². The van der Waals surface area contributed by atoms with Crippen LogP contribution in [0.2, 0.25) is 0 Å². The molecule has 3 aliphatic rings. The minimum absolute atomic E-state index is 0.0759. The van der Waals surface area contributed by atoms with Gasteiger partial charge in [-0.1, -0.05) is 30.3 Å². The van der Waals surface area contributed by atoms with Crippen molar-refractivity contribution < 1.29 is 24.3 Å². The number of aliphatic hydroxyl groups is 1. The molecule has 0 aliphatic carbocycles. The van der Waals surface area contributed by atoms with Crippen LogP contribution in [0.25, 0.3) is 0 Å². The first kappa shape index (κ1) is 14.2. The van der Waals surface area contributed by atoms with E-state index in [0.29, 0.717) is 30.7 Å². The molecule has 5 heteroatoms. The van der Waals surface area contributed by atoms with Gasteiger partial charge in [0.25, 0.3) is 0 Å². The highest BCUT2D eigenvalue weighted by molar-refractivity contribution is 5.75. The molecule has 5 nitrogen and oxygen atoms in total. The Bertz CT molecular complexity index is 545. The molecule has 0 saturated carbocycles. The molecule has 0 spiro atoms. The maximum absolute atomic E-state index is 12.1. The van der Waals surface area contributed by atoms with Crippen LogP contribution >= 0.6 is 0 Å². The first-order valence-electron chi connectivity index (χ1n) is 8.05. The van der Waals surface area contributed by atoms with E-state index in [1.54, 1.807) is 0 Å². The van der Waals surface area contributed by atoms with Crippen LogP contribution in [0.3, 0.4) is 0 Å². The minimum atomic E-state index is -1.09. The van der Waals surface area contributed by atoms with Crippen molar-refractivity contribution in [2.24, 2.45) is 0 Å². The van der Waals surface area contributed by atoms with Crippen molar-refractivity contribution in [1.82, 2.24) is 0 Å². The van der Waals surface area contributed by atoms with Crippen LogP contribution in [0.15, 0.2) is 30.3 Å². The Hall–Kier alpha value is -1.43. The maximum Gasteiger partial charge on any atom is 0.335 e. The molecule has 0 radical (unpaired) electrons. The zero-order valence-corrected chi connectivity index (χ0v) is 12.6. The molecule has 0 aromatic heterocycles. The molecule has 3 aliphatic heterocycles. The second-order valence-corrected chi connectivity index (χ2v) is 6.76. The number of aliphatic hydroxyl groups excluding tert-OH is 1. The van der Waals surface area contributed by atoms with Crippen LogP contribution < -0.4 is 4.90 Å². The molecular formula is C17H22NO4+. The maximum atomic E-state index is 12.1. The van der Waals surface area contributed by atoms with Gasteiger partial charge in [0.1, 0.15) is 30.4 Å². The van der Waals surface area contributed by atoms with Gasteiger partial charge < -0.3 is 19.5 Å². The summed E-state index contributed by atoms with van der Waals surface area (Å²) >= 11 is 0. The number of hydrogen-bond acceptors (Lipinski definition) is 4. The van der Waals surface area contributed by atoms with Crippen molar-refractivity contribution in [3.8, 4) is 0 Å². The Morgan fingerprint density at radius 3 is 2.59 bits per heavy atom. The van der Waals surface area contributed by atoms with Crippen molar-refractivity contribution >= 4 is 5.97 Å². The Kier molecular flexibility index (Phi) is 3.44. The highest BCUT2D eigenvalue weighted by atomic mass is 16.6. The van der Waals surface area contributed by atoms with Crippen LogP contribution in [0, 0.1) is 0 Å². The van der Waals surface area contributed by atoms with Gasteiger partial charge in [0.2, 0.25) is 0 Å². The van der Waals surface area contributed by atoms with Crippen LogP contribution in [0.1, 0.15) is 18.4 Å². The molecule has 118 valence electrons. The van der Waals surface area contributed by atoms with Gasteiger partial charge in [-0.3, -0.25) is 0 Å². The first-order valence-corrected chi connectivity index (χ1v) is 8.05. The van der Waals surface area contributed by atoms with E-state index >= 15 is 0 Å². The van der Waals surface area contributed by atoms with Gasteiger partial charge in [-0.05, 0) is 5.56 Å². The van der Waals surface area contributed by atoms with Gasteiger partial charge in [0.05, 0.1) is 7.05 Å². The average Bonchev–Trinajstić information content (AvgIpc) is 3.26. The predicted octanol–water partition coefficient (Wildman–Crippen LogP) is -0.671. The molecule has 3 heterocycles. The number of quaternary nitrogens is 1. The number of morpholine rings is 1. The average molecular weight is 304 g/mol. The molecule has 22 heavy (non-hydrogen) atoms. The van der Waals surface area contributed by atoms with Crippen molar-refractivity contribution in [2.75, 3.05) is 7.05 Å². The third-order valence-corrected chi connectivity index (χ3v) is 5.38. The second kappa shape index (κ2) is 5.33. The van der Waals surface area contributed by atoms with E-state index in [0.717, 1.165) is 18.4 Å². The number of hydrogen-bond donors (Lipinski definition) is 2. The van der Waals surface area contributed by atoms with E-state index in [-0.39, 0.29) is 6.10 Å². The summed E-state index contributed by atoms with van der Waals surface area (Å²) in [5.41, 5.74) is 0.939. The molecule has 7 atom stereocenters. The lowest BCUT2D eigenvalue weighted by Gasteiger charge is -2.35. The largest absolute Gasteiger partial charge is 0.460 e. The molecule has 1 aromatic rings. The van der Waals surface area contributed by atoms with Gasteiger partial charge in [-0.15, -0.1) is 0 Å². The molecule has 1 aromatic carbocycles. The number of benzene rings is 1. The Balaban J connectivity index is 1.33. The van der Waals surface area contributed by atoms with Crippen molar-refractivity contribution in [3.63, 3.8) is 0 Å². The second-order valence-electron chi connectivity index (χ2n) is 6.76. The minimum Gasteiger partial charge on any atom is -0.460 e. The number of esters is 1. The van der Waals surface area contributed by atoms with E-state index in [9.17, 15) is 9.90 Å². The number of piperidine rings is 1. The zero-order chi connectivity index (χ0) is 15.3. The SMILES string of the molecule is C[NH+]1[C@@H]2CC(OC(=O)[C@@H](O)Cc3ccccc3)C[C@H]1[C@H]1O[C@H]12. The Labute approximate surface area is 129 Å². The van der Waals surface area contributed by atoms with Crippen molar-refractivity contribution in [2.45, 2.75) is 55.8 Å². The summed E-state index contributed by atoms with van der Waals surface area (Å²) in [5.74, 6) is -0.498. The van der Waals surface area contributed by atoms with Crippen LogP contribution in [0.5, 0.6) is 0 Å². The quantitative estimate of drug-likeness (QED) is 0.572. The fourth-order valence-electron chi connectivity index (χ4n) is 4.14. The standard InChI is InChI=1S/C17H21NO4/c1-18-12-8-11(9-13(18)16-15(12)22-16)21-17(20)14(19)7-10-5-3-2-4-6-10/h2-6,11-16,19H,7-9H2,1H3/p+1/t11?,12-,13+,14-,15+,16-/m0/s1. The normalized spacial score (nSPS) is 39.9. The number of epoxide rings is 1. The van der Waals surface area contributed by atoms with E-state index in [1.165, 1.54) is 4.90 Å². The first-order chi connectivity index (χ1) is 10.6. The molecule has 4 rings (SSSR count). The number of carbonyl (C=O) groups is 1. The van der Waals surface area contributed by atoms with Crippen molar-refractivity contribution in [1.29, 1.82) is 0 Å². The van der Waals surface area contributed by atoms with Crippen molar-refractivity contribution in [3.05, 3.63) is 35.9 Å². The molecule has 0 amide bonds. The zero-order valence-electron chi connectivity index (χ0n) is 12.6. The fourth-order valence-corrected chi connectivity index (χ4v) is 4.14. The summed E-state index contributed by atoms with van der Waals surface area (Å²) in [6.07, 6.45) is 1.55. The van der Waals surface area contributed by atoms with Gasteiger partial charge in [-0.2, -0.15) is 0 Å².